The minimum atomic E-state index is -3.63. The molecule has 32 heavy (non-hydrogen) atoms. The van der Waals surface area contributed by atoms with E-state index in [1.165, 1.54) is 4.68 Å². The molecular weight excluding hydrogens is 450 g/mol. The lowest BCUT2D eigenvalue weighted by Gasteiger charge is -2.09. The standard InChI is InChI=1S/C20H17N7O3S2/c1-26-17-13(18-19(26)23-15(31-18)8-12-5-3-7-21-12)9-22-27(20(17)28)10-11-4-2-6-14-16(11)25-32(29,30)24-14/h2-6,9,24-25H,7-8,10H2,1H3. The van der Waals surface area contributed by atoms with Crippen LogP contribution in [-0.4, -0.2) is 40.0 Å². The van der Waals surface area contributed by atoms with E-state index in [4.69, 9.17) is 4.98 Å². The number of hydrogen-bond donors (Lipinski definition) is 2. The fourth-order valence-corrected chi connectivity index (χ4v) is 6.25. The molecule has 0 aliphatic carbocycles. The van der Waals surface area contributed by atoms with Gasteiger partial charge in [0.25, 0.3) is 5.56 Å². The Morgan fingerprint density at radius 3 is 2.94 bits per heavy atom. The number of rotatable bonds is 4. The number of para-hydroxylation sites is 1. The summed E-state index contributed by atoms with van der Waals surface area (Å²) in [5.41, 5.74) is 3.55. The van der Waals surface area contributed by atoms with Gasteiger partial charge in [-0.05, 0) is 12.1 Å². The fourth-order valence-electron chi connectivity index (χ4n) is 4.11. The van der Waals surface area contributed by atoms with Crippen molar-refractivity contribution < 1.29 is 8.42 Å². The van der Waals surface area contributed by atoms with Gasteiger partial charge in [0.15, 0.2) is 5.65 Å². The maximum atomic E-state index is 13.3. The molecule has 5 heterocycles. The predicted octanol–water partition coefficient (Wildman–Crippen LogP) is 2.03. The van der Waals surface area contributed by atoms with Crippen LogP contribution in [0.15, 0.2) is 46.3 Å². The normalized spacial score (nSPS) is 16.3. The Morgan fingerprint density at radius 2 is 2.12 bits per heavy atom. The summed E-state index contributed by atoms with van der Waals surface area (Å²) in [7, 11) is -1.80. The molecule has 0 saturated carbocycles. The van der Waals surface area contributed by atoms with Crippen LogP contribution in [0.5, 0.6) is 0 Å². The van der Waals surface area contributed by atoms with Crippen LogP contribution in [0, 0.1) is 0 Å². The number of anilines is 2. The number of thiazole rings is 1. The number of allylic oxidation sites excluding steroid dienone is 1. The van der Waals surface area contributed by atoms with Crippen LogP contribution in [0.3, 0.4) is 0 Å². The first-order chi connectivity index (χ1) is 15.4. The number of nitrogens with one attached hydrogen (secondary N) is 2. The summed E-state index contributed by atoms with van der Waals surface area (Å²) in [5, 5.41) is 6.08. The van der Waals surface area contributed by atoms with E-state index in [9.17, 15) is 13.2 Å². The third-order valence-corrected chi connectivity index (χ3v) is 7.60. The molecule has 0 saturated heterocycles. The van der Waals surface area contributed by atoms with Gasteiger partial charge in [0.1, 0.15) is 10.5 Å². The molecule has 162 valence electrons. The van der Waals surface area contributed by atoms with E-state index in [0.29, 0.717) is 28.9 Å². The SMILES string of the molecule is Cn1c2nc(CC3=NCC=C3)sc2c2cnn(Cc3cccc4c3NS(=O)(=O)N4)c(=O)c21. The zero-order chi connectivity index (χ0) is 22.0. The Kier molecular flexibility index (Phi) is 4.04. The molecule has 1 aromatic carbocycles. The quantitative estimate of drug-likeness (QED) is 0.475. The highest BCUT2D eigenvalue weighted by Gasteiger charge is 2.25. The largest absolute Gasteiger partial charge is 0.323 e. The molecule has 0 bridgehead atoms. The van der Waals surface area contributed by atoms with Crippen molar-refractivity contribution in [1.29, 1.82) is 0 Å². The van der Waals surface area contributed by atoms with Crippen LogP contribution < -0.4 is 15.0 Å². The highest BCUT2D eigenvalue weighted by atomic mass is 32.2. The van der Waals surface area contributed by atoms with Gasteiger partial charge in [-0.15, -0.1) is 11.3 Å². The van der Waals surface area contributed by atoms with Gasteiger partial charge in [-0.3, -0.25) is 19.2 Å². The first-order valence-corrected chi connectivity index (χ1v) is 12.2. The average molecular weight is 468 g/mol. The number of nitrogens with zero attached hydrogens (tertiary/aromatic N) is 5. The van der Waals surface area contributed by atoms with Crippen molar-refractivity contribution in [1.82, 2.24) is 19.3 Å². The third-order valence-electron chi connectivity index (χ3n) is 5.56. The van der Waals surface area contributed by atoms with Crippen molar-refractivity contribution in [3.8, 4) is 0 Å². The van der Waals surface area contributed by atoms with Crippen LogP contribution >= 0.6 is 11.3 Å². The lowest BCUT2D eigenvalue weighted by Crippen LogP contribution is -2.25. The van der Waals surface area contributed by atoms with Crippen molar-refractivity contribution in [2.75, 3.05) is 16.0 Å². The molecule has 0 atom stereocenters. The molecule has 0 fully saturated rings. The van der Waals surface area contributed by atoms with Gasteiger partial charge in [0, 0.05) is 30.1 Å². The van der Waals surface area contributed by atoms with E-state index in [1.54, 1.807) is 40.3 Å². The van der Waals surface area contributed by atoms with E-state index in [0.717, 1.165) is 33.0 Å². The summed E-state index contributed by atoms with van der Waals surface area (Å²) in [6.45, 7) is 0.848. The third kappa shape index (κ3) is 2.94. The topological polar surface area (TPSA) is 123 Å². The number of hydrogen-bond acceptors (Lipinski definition) is 7. The molecule has 4 aromatic rings. The van der Waals surface area contributed by atoms with Gasteiger partial charge in [-0.25, -0.2) is 9.67 Å². The summed E-state index contributed by atoms with van der Waals surface area (Å²) in [6, 6.07) is 5.17. The molecule has 0 amide bonds. The van der Waals surface area contributed by atoms with Crippen LogP contribution in [0.4, 0.5) is 11.4 Å². The van der Waals surface area contributed by atoms with Crippen molar-refractivity contribution in [2.45, 2.75) is 13.0 Å². The zero-order valence-electron chi connectivity index (χ0n) is 16.9. The fraction of sp³-hybridized carbons (Fsp3) is 0.200. The molecule has 12 heteroatoms. The first kappa shape index (κ1) is 19.2. The predicted molar refractivity (Wildman–Crippen MR) is 125 cm³/mol. The monoisotopic (exact) mass is 467 g/mol. The van der Waals surface area contributed by atoms with Crippen molar-refractivity contribution >= 4 is 59.9 Å². The Labute approximate surface area is 186 Å². The summed E-state index contributed by atoms with van der Waals surface area (Å²) in [4.78, 5) is 22.4. The van der Waals surface area contributed by atoms with E-state index in [-0.39, 0.29) is 12.1 Å². The van der Waals surface area contributed by atoms with Crippen molar-refractivity contribution in [3.63, 3.8) is 0 Å². The van der Waals surface area contributed by atoms with E-state index in [2.05, 4.69) is 19.5 Å². The number of aliphatic imine (C=N–C) groups is 1. The second-order valence-corrected chi connectivity index (χ2v) is 10.1. The van der Waals surface area contributed by atoms with E-state index >= 15 is 0 Å². The average Bonchev–Trinajstić information content (AvgIpc) is 3.50. The molecule has 0 spiro atoms. The van der Waals surface area contributed by atoms with Gasteiger partial charge < -0.3 is 4.57 Å². The van der Waals surface area contributed by atoms with Gasteiger partial charge >= 0.3 is 10.2 Å². The van der Waals surface area contributed by atoms with Crippen molar-refractivity contribution in [2.24, 2.45) is 12.0 Å². The Balaban J connectivity index is 1.41. The highest BCUT2D eigenvalue weighted by molar-refractivity contribution is 7.94. The zero-order valence-corrected chi connectivity index (χ0v) is 18.5. The van der Waals surface area contributed by atoms with Crippen LogP contribution in [0.25, 0.3) is 21.3 Å². The van der Waals surface area contributed by atoms with Gasteiger partial charge in [0.05, 0.1) is 35.4 Å². The Morgan fingerprint density at radius 1 is 1.25 bits per heavy atom. The van der Waals surface area contributed by atoms with Gasteiger partial charge in [-0.1, -0.05) is 18.2 Å². The van der Waals surface area contributed by atoms with Gasteiger partial charge in [-0.2, -0.15) is 13.5 Å². The Bertz CT molecular complexity index is 1660. The minimum Gasteiger partial charge on any atom is -0.323 e. The lowest BCUT2D eigenvalue weighted by molar-refractivity contribution is 0.607. The maximum Gasteiger partial charge on any atom is 0.321 e. The number of fused-ring (bicyclic) bond motifs is 4. The van der Waals surface area contributed by atoms with Crippen LogP contribution in [0.2, 0.25) is 0 Å². The molecule has 0 radical (unpaired) electrons. The second kappa shape index (κ2) is 6.74. The summed E-state index contributed by atoms with van der Waals surface area (Å²) >= 11 is 1.55. The van der Waals surface area contributed by atoms with Crippen LogP contribution in [0.1, 0.15) is 10.6 Å². The van der Waals surface area contributed by atoms with Crippen molar-refractivity contribution in [3.05, 3.63) is 57.5 Å². The molecule has 2 aliphatic heterocycles. The Hall–Kier alpha value is -3.51. The molecule has 10 nitrogen and oxygen atoms in total. The smallest absolute Gasteiger partial charge is 0.321 e. The van der Waals surface area contributed by atoms with Crippen LogP contribution in [-0.2, 0) is 30.2 Å². The molecular formula is C20H17N7O3S2. The number of benzene rings is 1. The molecule has 6 rings (SSSR count). The molecule has 3 aromatic heterocycles. The summed E-state index contributed by atoms with van der Waals surface area (Å²) in [6.07, 6.45) is 6.39. The number of aryl methyl sites for hydroxylation is 1. The maximum absolute atomic E-state index is 13.3. The van der Waals surface area contributed by atoms with Gasteiger partial charge in [0.2, 0.25) is 0 Å². The minimum absolute atomic E-state index is 0.131. The second-order valence-electron chi connectivity index (χ2n) is 7.65. The molecule has 2 N–H and O–H groups in total. The van der Waals surface area contributed by atoms with E-state index in [1.807, 2.05) is 19.2 Å². The summed E-state index contributed by atoms with van der Waals surface area (Å²) < 4.78 is 32.7. The molecule has 0 unspecified atom stereocenters. The lowest BCUT2D eigenvalue weighted by atomic mass is 10.1. The van der Waals surface area contributed by atoms with E-state index < -0.39 is 10.2 Å². The first-order valence-electron chi connectivity index (χ1n) is 9.86. The number of aromatic nitrogens is 4. The summed E-state index contributed by atoms with van der Waals surface area (Å²) in [5.74, 6) is 0. The highest BCUT2D eigenvalue weighted by Crippen LogP contribution is 2.34. The molecule has 2 aliphatic rings.